The van der Waals surface area contributed by atoms with E-state index in [1.165, 1.54) is 11.3 Å². The van der Waals surface area contributed by atoms with E-state index in [0.717, 1.165) is 43.5 Å². The summed E-state index contributed by atoms with van der Waals surface area (Å²) in [4.78, 5) is 17.6. The topological polar surface area (TPSA) is 54.5 Å². The number of hydrogen-bond donors (Lipinski definition) is 1. The SMILES string of the molecule is CCN(C(C)=O)c1nc(CNCCCOCC(C)C)cs1. The molecule has 0 spiro atoms. The van der Waals surface area contributed by atoms with Crippen LogP contribution in [0.5, 0.6) is 0 Å². The summed E-state index contributed by atoms with van der Waals surface area (Å²) in [6.45, 7) is 11.7. The van der Waals surface area contributed by atoms with Crippen LogP contribution in [0.2, 0.25) is 0 Å². The number of carbonyl (C=O) groups is 1. The molecule has 1 heterocycles. The van der Waals surface area contributed by atoms with Gasteiger partial charge >= 0.3 is 0 Å². The Bertz CT molecular complexity index is 421. The van der Waals surface area contributed by atoms with Gasteiger partial charge in [0.25, 0.3) is 0 Å². The summed E-state index contributed by atoms with van der Waals surface area (Å²) in [6, 6.07) is 0. The van der Waals surface area contributed by atoms with E-state index < -0.39 is 0 Å². The Balaban J connectivity index is 2.21. The zero-order chi connectivity index (χ0) is 15.7. The lowest BCUT2D eigenvalue weighted by molar-refractivity contribution is -0.116. The molecule has 0 atom stereocenters. The van der Waals surface area contributed by atoms with E-state index >= 15 is 0 Å². The van der Waals surface area contributed by atoms with Crippen LogP contribution in [-0.4, -0.2) is 37.2 Å². The number of nitrogens with one attached hydrogen (secondary N) is 1. The first-order chi connectivity index (χ1) is 10.0. The maximum atomic E-state index is 11.5. The van der Waals surface area contributed by atoms with Crippen molar-refractivity contribution in [2.45, 2.75) is 40.7 Å². The third-order valence-electron chi connectivity index (χ3n) is 2.87. The predicted octanol–water partition coefficient (Wildman–Crippen LogP) is 2.67. The second kappa shape index (κ2) is 9.87. The summed E-state index contributed by atoms with van der Waals surface area (Å²) in [5, 5.41) is 6.13. The quantitative estimate of drug-likeness (QED) is 0.675. The number of aromatic nitrogens is 1. The molecule has 5 nitrogen and oxygen atoms in total. The second-order valence-electron chi connectivity index (χ2n) is 5.38. The lowest BCUT2D eigenvalue weighted by atomic mass is 10.2. The minimum absolute atomic E-state index is 0.0358. The summed E-state index contributed by atoms with van der Waals surface area (Å²) in [5.41, 5.74) is 0.984. The van der Waals surface area contributed by atoms with Crippen LogP contribution in [0, 0.1) is 5.92 Å². The van der Waals surface area contributed by atoms with Gasteiger partial charge in [-0.1, -0.05) is 13.8 Å². The molecule has 0 saturated heterocycles. The van der Waals surface area contributed by atoms with Gasteiger partial charge in [-0.25, -0.2) is 4.98 Å². The van der Waals surface area contributed by atoms with E-state index in [4.69, 9.17) is 4.74 Å². The molecule has 0 aliphatic carbocycles. The molecule has 0 saturated carbocycles. The maximum absolute atomic E-state index is 11.5. The number of ether oxygens (including phenoxy) is 1. The van der Waals surface area contributed by atoms with E-state index in [0.29, 0.717) is 12.5 Å². The molecule has 0 bridgehead atoms. The van der Waals surface area contributed by atoms with Crippen molar-refractivity contribution in [3.63, 3.8) is 0 Å². The summed E-state index contributed by atoms with van der Waals surface area (Å²) in [5.74, 6) is 0.628. The van der Waals surface area contributed by atoms with Crippen LogP contribution in [0.4, 0.5) is 5.13 Å². The van der Waals surface area contributed by atoms with Gasteiger partial charge in [0.2, 0.25) is 5.91 Å². The molecule has 0 unspecified atom stereocenters. The highest BCUT2D eigenvalue weighted by Crippen LogP contribution is 2.20. The predicted molar refractivity (Wildman–Crippen MR) is 87.8 cm³/mol. The van der Waals surface area contributed by atoms with Gasteiger partial charge in [0.05, 0.1) is 5.69 Å². The zero-order valence-electron chi connectivity index (χ0n) is 13.5. The number of amides is 1. The van der Waals surface area contributed by atoms with Crippen LogP contribution in [0.25, 0.3) is 0 Å². The highest BCUT2D eigenvalue weighted by Gasteiger charge is 2.12. The van der Waals surface area contributed by atoms with Crippen molar-refractivity contribution >= 4 is 22.4 Å². The molecule has 0 aliphatic heterocycles. The molecular formula is C15H27N3O2S. The Hall–Kier alpha value is -0.980. The number of thiazole rings is 1. The van der Waals surface area contributed by atoms with Crippen molar-refractivity contribution in [1.29, 1.82) is 0 Å². The van der Waals surface area contributed by atoms with Crippen LogP contribution in [0.3, 0.4) is 0 Å². The third kappa shape index (κ3) is 7.02. The van der Waals surface area contributed by atoms with Gasteiger partial charge in [0.1, 0.15) is 0 Å². The first-order valence-electron chi connectivity index (χ1n) is 7.55. The van der Waals surface area contributed by atoms with E-state index in [1.807, 2.05) is 12.3 Å². The summed E-state index contributed by atoms with van der Waals surface area (Å²) >= 11 is 1.51. The third-order valence-corrected chi connectivity index (χ3v) is 3.78. The molecule has 0 aromatic carbocycles. The van der Waals surface area contributed by atoms with Gasteiger partial charge in [-0.2, -0.15) is 0 Å². The molecule has 0 fully saturated rings. The Morgan fingerprint density at radius 2 is 2.29 bits per heavy atom. The average Bonchev–Trinajstić information content (AvgIpc) is 2.86. The van der Waals surface area contributed by atoms with E-state index in [2.05, 4.69) is 24.1 Å². The minimum atomic E-state index is 0.0358. The molecule has 1 aromatic heterocycles. The van der Waals surface area contributed by atoms with E-state index in [9.17, 15) is 4.79 Å². The van der Waals surface area contributed by atoms with E-state index in [1.54, 1.807) is 11.8 Å². The fourth-order valence-electron chi connectivity index (χ4n) is 1.83. The Morgan fingerprint density at radius 1 is 1.52 bits per heavy atom. The minimum Gasteiger partial charge on any atom is -0.381 e. The van der Waals surface area contributed by atoms with Crippen LogP contribution >= 0.6 is 11.3 Å². The molecular weight excluding hydrogens is 286 g/mol. The summed E-state index contributed by atoms with van der Waals surface area (Å²) in [6.07, 6.45) is 0.998. The monoisotopic (exact) mass is 313 g/mol. The Labute approximate surface area is 131 Å². The highest BCUT2D eigenvalue weighted by atomic mass is 32.1. The zero-order valence-corrected chi connectivity index (χ0v) is 14.3. The first-order valence-corrected chi connectivity index (χ1v) is 8.43. The molecule has 6 heteroatoms. The van der Waals surface area contributed by atoms with Crippen molar-refractivity contribution in [3.8, 4) is 0 Å². The normalized spacial score (nSPS) is 11.1. The average molecular weight is 313 g/mol. The molecule has 0 radical (unpaired) electrons. The van der Waals surface area contributed by atoms with Gasteiger partial charge in [0, 0.05) is 38.6 Å². The number of anilines is 1. The lowest BCUT2D eigenvalue weighted by Crippen LogP contribution is -2.27. The summed E-state index contributed by atoms with van der Waals surface area (Å²) in [7, 11) is 0. The van der Waals surface area contributed by atoms with Gasteiger partial charge in [-0.05, 0) is 25.8 Å². The largest absolute Gasteiger partial charge is 0.381 e. The highest BCUT2D eigenvalue weighted by molar-refractivity contribution is 7.14. The van der Waals surface area contributed by atoms with Crippen molar-refractivity contribution in [1.82, 2.24) is 10.3 Å². The van der Waals surface area contributed by atoms with Crippen LogP contribution in [-0.2, 0) is 16.1 Å². The molecule has 120 valence electrons. The molecule has 1 aromatic rings. The van der Waals surface area contributed by atoms with Crippen molar-refractivity contribution in [2.24, 2.45) is 5.92 Å². The molecule has 1 amide bonds. The first kappa shape index (κ1) is 18.1. The van der Waals surface area contributed by atoms with Crippen molar-refractivity contribution < 1.29 is 9.53 Å². The Morgan fingerprint density at radius 3 is 2.90 bits per heavy atom. The van der Waals surface area contributed by atoms with Gasteiger partial charge in [-0.15, -0.1) is 11.3 Å². The summed E-state index contributed by atoms with van der Waals surface area (Å²) < 4.78 is 5.53. The van der Waals surface area contributed by atoms with Crippen LogP contribution in [0.15, 0.2) is 5.38 Å². The number of nitrogens with zero attached hydrogens (tertiary/aromatic N) is 2. The standard InChI is InChI=1S/C15H27N3O2S/c1-5-18(13(4)19)15-17-14(11-21-15)9-16-7-6-8-20-10-12(2)3/h11-12,16H,5-10H2,1-4H3. The molecule has 1 rings (SSSR count). The molecule has 21 heavy (non-hydrogen) atoms. The fraction of sp³-hybridized carbons (Fsp3) is 0.733. The lowest BCUT2D eigenvalue weighted by Gasteiger charge is -2.14. The second-order valence-corrected chi connectivity index (χ2v) is 6.22. The number of hydrogen-bond acceptors (Lipinski definition) is 5. The van der Waals surface area contributed by atoms with Crippen LogP contribution in [0.1, 0.15) is 39.8 Å². The van der Waals surface area contributed by atoms with Crippen LogP contribution < -0.4 is 10.2 Å². The van der Waals surface area contributed by atoms with Crippen molar-refractivity contribution in [2.75, 3.05) is 31.2 Å². The Kier molecular flexibility index (Phi) is 8.49. The number of carbonyl (C=O) groups excluding carboxylic acids is 1. The van der Waals surface area contributed by atoms with Gasteiger partial charge in [-0.3, -0.25) is 9.69 Å². The number of rotatable bonds is 10. The van der Waals surface area contributed by atoms with E-state index in [-0.39, 0.29) is 5.91 Å². The van der Waals surface area contributed by atoms with Crippen molar-refractivity contribution in [3.05, 3.63) is 11.1 Å². The maximum Gasteiger partial charge on any atom is 0.225 e. The fourth-order valence-corrected chi connectivity index (χ4v) is 2.76. The van der Waals surface area contributed by atoms with Gasteiger partial charge < -0.3 is 10.1 Å². The smallest absolute Gasteiger partial charge is 0.225 e. The molecule has 1 N–H and O–H groups in total. The van der Waals surface area contributed by atoms with Gasteiger partial charge in [0.15, 0.2) is 5.13 Å². The molecule has 0 aliphatic rings.